The van der Waals surface area contributed by atoms with Crippen LogP contribution in [0.5, 0.6) is 0 Å². The van der Waals surface area contributed by atoms with Crippen molar-refractivity contribution in [2.75, 3.05) is 7.11 Å². The van der Waals surface area contributed by atoms with Gasteiger partial charge < -0.3 is 9.84 Å². The third-order valence-electron chi connectivity index (χ3n) is 3.41. The number of carboxylic acids is 1. The van der Waals surface area contributed by atoms with E-state index in [-0.39, 0.29) is 12.0 Å². The Morgan fingerprint density at radius 1 is 1.10 bits per heavy atom. The Hall–Kier alpha value is -2.62. The Bertz CT molecular complexity index is 723. The predicted octanol–water partition coefficient (Wildman–Crippen LogP) is 3.26. The van der Waals surface area contributed by atoms with Gasteiger partial charge in [0.2, 0.25) is 0 Å². The SMILES string of the molecule is COC(=O)C(CC(=O)O)=C(C)c1cccc2ccccc12. The van der Waals surface area contributed by atoms with Crippen LogP contribution in [0.1, 0.15) is 18.9 Å². The molecule has 0 saturated carbocycles. The largest absolute Gasteiger partial charge is 0.481 e. The lowest BCUT2D eigenvalue weighted by Crippen LogP contribution is -2.11. The molecule has 0 fully saturated rings. The Labute approximate surface area is 122 Å². The van der Waals surface area contributed by atoms with E-state index in [9.17, 15) is 9.59 Å². The van der Waals surface area contributed by atoms with Crippen molar-refractivity contribution < 1.29 is 19.4 Å². The number of methoxy groups -OCH3 is 1. The van der Waals surface area contributed by atoms with Gasteiger partial charge in [0, 0.05) is 0 Å². The molecule has 0 aliphatic carbocycles. The monoisotopic (exact) mass is 284 g/mol. The maximum atomic E-state index is 11.9. The van der Waals surface area contributed by atoms with E-state index in [0.29, 0.717) is 5.57 Å². The fourth-order valence-corrected chi connectivity index (χ4v) is 2.35. The van der Waals surface area contributed by atoms with Gasteiger partial charge in [0.1, 0.15) is 0 Å². The molecule has 0 spiro atoms. The number of carboxylic acid groups (broad SMARTS) is 1. The molecule has 0 amide bonds. The van der Waals surface area contributed by atoms with Crippen molar-refractivity contribution in [3.05, 3.63) is 53.6 Å². The van der Waals surface area contributed by atoms with E-state index in [2.05, 4.69) is 0 Å². The first-order valence-corrected chi connectivity index (χ1v) is 6.52. The first kappa shape index (κ1) is 14.8. The number of hydrogen-bond acceptors (Lipinski definition) is 3. The van der Waals surface area contributed by atoms with Gasteiger partial charge in [-0.2, -0.15) is 0 Å². The van der Waals surface area contributed by atoms with Crippen LogP contribution in [-0.4, -0.2) is 24.2 Å². The summed E-state index contributed by atoms with van der Waals surface area (Å²) in [5.41, 5.74) is 1.64. The average Bonchev–Trinajstić information content (AvgIpc) is 2.50. The summed E-state index contributed by atoms with van der Waals surface area (Å²) in [6.07, 6.45) is -0.359. The van der Waals surface area contributed by atoms with Crippen LogP contribution in [0.25, 0.3) is 16.3 Å². The number of rotatable bonds is 4. The van der Waals surface area contributed by atoms with Crippen molar-refractivity contribution in [3.8, 4) is 0 Å². The number of fused-ring (bicyclic) bond motifs is 1. The minimum Gasteiger partial charge on any atom is -0.481 e. The molecule has 0 bridgehead atoms. The highest BCUT2D eigenvalue weighted by molar-refractivity contribution is 6.04. The van der Waals surface area contributed by atoms with E-state index in [1.165, 1.54) is 7.11 Å². The Morgan fingerprint density at radius 2 is 1.76 bits per heavy atom. The Morgan fingerprint density at radius 3 is 2.43 bits per heavy atom. The quantitative estimate of drug-likeness (QED) is 0.691. The number of carbonyl (C=O) groups is 2. The molecule has 2 rings (SSSR count). The van der Waals surface area contributed by atoms with Gasteiger partial charge in [-0.1, -0.05) is 42.5 Å². The van der Waals surface area contributed by atoms with Gasteiger partial charge in [-0.25, -0.2) is 4.79 Å². The van der Waals surface area contributed by atoms with E-state index in [0.717, 1.165) is 16.3 Å². The molecule has 2 aromatic rings. The van der Waals surface area contributed by atoms with Crippen LogP contribution >= 0.6 is 0 Å². The molecular weight excluding hydrogens is 268 g/mol. The highest BCUT2D eigenvalue weighted by Gasteiger charge is 2.18. The molecule has 108 valence electrons. The molecule has 4 heteroatoms. The van der Waals surface area contributed by atoms with Crippen LogP contribution < -0.4 is 0 Å². The number of allylic oxidation sites excluding steroid dienone is 1. The molecule has 4 nitrogen and oxygen atoms in total. The minimum atomic E-state index is -1.06. The number of carbonyl (C=O) groups excluding carboxylic acids is 1. The summed E-state index contributed by atoms with van der Waals surface area (Å²) in [7, 11) is 1.25. The van der Waals surface area contributed by atoms with Gasteiger partial charge in [0.05, 0.1) is 19.1 Å². The van der Waals surface area contributed by atoms with Crippen LogP contribution in [0.3, 0.4) is 0 Å². The second-order valence-electron chi connectivity index (χ2n) is 4.69. The van der Waals surface area contributed by atoms with E-state index in [1.807, 2.05) is 42.5 Å². The van der Waals surface area contributed by atoms with Gasteiger partial charge >= 0.3 is 11.9 Å². The summed E-state index contributed by atoms with van der Waals surface area (Å²) < 4.78 is 4.71. The normalized spacial score (nSPS) is 11.9. The third kappa shape index (κ3) is 3.11. The molecule has 0 heterocycles. The van der Waals surface area contributed by atoms with E-state index in [1.54, 1.807) is 6.92 Å². The van der Waals surface area contributed by atoms with Crippen molar-refractivity contribution in [2.45, 2.75) is 13.3 Å². The van der Waals surface area contributed by atoms with Crippen LogP contribution in [0.2, 0.25) is 0 Å². The molecule has 21 heavy (non-hydrogen) atoms. The highest BCUT2D eigenvalue weighted by Crippen LogP contribution is 2.28. The molecule has 0 atom stereocenters. The first-order valence-electron chi connectivity index (χ1n) is 6.52. The zero-order chi connectivity index (χ0) is 15.4. The number of hydrogen-bond donors (Lipinski definition) is 1. The number of benzene rings is 2. The zero-order valence-corrected chi connectivity index (χ0v) is 11.9. The van der Waals surface area contributed by atoms with Crippen LogP contribution in [-0.2, 0) is 14.3 Å². The predicted molar refractivity (Wildman–Crippen MR) is 80.8 cm³/mol. The third-order valence-corrected chi connectivity index (χ3v) is 3.41. The lowest BCUT2D eigenvalue weighted by molar-refractivity contribution is -0.141. The molecule has 0 radical (unpaired) electrons. The summed E-state index contributed by atoms with van der Waals surface area (Å²) in [6.45, 7) is 1.75. The van der Waals surface area contributed by atoms with E-state index >= 15 is 0 Å². The molecule has 0 aromatic heterocycles. The molecule has 2 aromatic carbocycles. The maximum absolute atomic E-state index is 11.9. The molecule has 1 N–H and O–H groups in total. The molecule has 0 saturated heterocycles. The standard InChI is InChI=1S/C17H16O4/c1-11(15(10-16(18)19)17(20)21-2)13-9-5-7-12-6-3-4-8-14(12)13/h3-9H,10H2,1-2H3,(H,18,19). The Kier molecular flexibility index (Phi) is 4.38. The number of aliphatic carboxylic acids is 1. The summed E-state index contributed by atoms with van der Waals surface area (Å²) in [6, 6.07) is 13.5. The van der Waals surface area contributed by atoms with Gasteiger partial charge in [-0.3, -0.25) is 4.79 Å². The van der Waals surface area contributed by atoms with Crippen molar-refractivity contribution in [3.63, 3.8) is 0 Å². The summed E-state index contributed by atoms with van der Waals surface area (Å²) in [5, 5.41) is 11.0. The lowest BCUT2D eigenvalue weighted by Gasteiger charge is -2.11. The van der Waals surface area contributed by atoms with Crippen LogP contribution in [0, 0.1) is 0 Å². The van der Waals surface area contributed by atoms with Gasteiger partial charge in [-0.05, 0) is 28.8 Å². The fraction of sp³-hybridized carbons (Fsp3) is 0.176. The van der Waals surface area contributed by atoms with Gasteiger partial charge in [0.25, 0.3) is 0 Å². The van der Waals surface area contributed by atoms with Crippen molar-refractivity contribution in [1.29, 1.82) is 0 Å². The van der Waals surface area contributed by atoms with Crippen LogP contribution in [0.15, 0.2) is 48.0 Å². The second kappa shape index (κ2) is 6.22. The summed E-state index contributed by atoms with van der Waals surface area (Å²) in [4.78, 5) is 22.8. The van der Waals surface area contributed by atoms with Crippen molar-refractivity contribution in [1.82, 2.24) is 0 Å². The van der Waals surface area contributed by atoms with Crippen LogP contribution in [0.4, 0.5) is 0 Å². The van der Waals surface area contributed by atoms with Gasteiger partial charge in [0.15, 0.2) is 0 Å². The average molecular weight is 284 g/mol. The summed E-state index contributed by atoms with van der Waals surface area (Å²) >= 11 is 0. The van der Waals surface area contributed by atoms with E-state index in [4.69, 9.17) is 9.84 Å². The van der Waals surface area contributed by atoms with Gasteiger partial charge in [-0.15, -0.1) is 0 Å². The van der Waals surface area contributed by atoms with Crippen molar-refractivity contribution >= 4 is 28.3 Å². The van der Waals surface area contributed by atoms with E-state index < -0.39 is 11.9 Å². The molecule has 0 aliphatic rings. The number of esters is 1. The highest BCUT2D eigenvalue weighted by atomic mass is 16.5. The minimum absolute atomic E-state index is 0.168. The smallest absolute Gasteiger partial charge is 0.334 e. The molecule has 0 unspecified atom stereocenters. The van der Waals surface area contributed by atoms with Crippen molar-refractivity contribution in [2.24, 2.45) is 0 Å². The Balaban J connectivity index is 2.66. The maximum Gasteiger partial charge on any atom is 0.334 e. The topological polar surface area (TPSA) is 63.6 Å². The second-order valence-corrected chi connectivity index (χ2v) is 4.69. The molecule has 0 aliphatic heterocycles. The molecular formula is C17H16O4. The fourth-order valence-electron chi connectivity index (χ4n) is 2.35. The lowest BCUT2D eigenvalue weighted by atomic mass is 9.94. The zero-order valence-electron chi connectivity index (χ0n) is 11.9. The number of ether oxygens (including phenoxy) is 1. The summed E-state index contributed by atoms with van der Waals surface area (Å²) in [5.74, 6) is -1.67. The first-order chi connectivity index (χ1) is 10.0.